The van der Waals surface area contributed by atoms with Crippen molar-refractivity contribution in [2.75, 3.05) is 11.9 Å². The summed E-state index contributed by atoms with van der Waals surface area (Å²) >= 11 is 0. The lowest BCUT2D eigenvalue weighted by atomic mass is 10.1. The highest BCUT2D eigenvalue weighted by Gasteiger charge is 2.23. The van der Waals surface area contributed by atoms with Crippen molar-refractivity contribution >= 4 is 17.8 Å². The molecule has 0 unspecified atom stereocenters. The Labute approximate surface area is 224 Å². The van der Waals surface area contributed by atoms with Crippen LogP contribution in [0.3, 0.4) is 0 Å². The number of carbonyl (C=O) groups is 2. The summed E-state index contributed by atoms with van der Waals surface area (Å²) in [5.41, 5.74) is 2.67. The minimum Gasteiger partial charge on any atom is -0.325 e. The fraction of sp³-hybridized carbons (Fsp3) is 0.0645. The molecule has 0 saturated carbocycles. The molecule has 5 aromatic rings. The first kappa shape index (κ1) is 25.5. The van der Waals surface area contributed by atoms with E-state index < -0.39 is 23.4 Å². The first-order valence-electron chi connectivity index (χ1n) is 12.3. The molecule has 0 saturated heterocycles. The number of nitrogens with one attached hydrogen (secondary N) is 1. The lowest BCUT2D eigenvalue weighted by Gasteiger charge is -2.23. The largest absolute Gasteiger partial charge is 0.325 e. The first-order chi connectivity index (χ1) is 19.0. The van der Waals surface area contributed by atoms with Crippen molar-refractivity contribution in [3.8, 4) is 16.9 Å². The summed E-state index contributed by atoms with van der Waals surface area (Å²) in [6.45, 7) is -0.248. The predicted octanol–water partition coefficient (Wildman–Crippen LogP) is 6.10. The number of hydrogen-bond acceptors (Lipinski definition) is 3. The van der Waals surface area contributed by atoms with Gasteiger partial charge in [0.25, 0.3) is 5.91 Å². The Bertz CT molecular complexity index is 1590. The normalized spacial score (nSPS) is 10.7. The number of aromatic nitrogens is 2. The van der Waals surface area contributed by atoms with Gasteiger partial charge in [0.1, 0.15) is 18.2 Å². The van der Waals surface area contributed by atoms with E-state index in [0.717, 1.165) is 11.1 Å². The van der Waals surface area contributed by atoms with Gasteiger partial charge in [-0.15, -0.1) is 0 Å². The van der Waals surface area contributed by atoms with Gasteiger partial charge in [-0.25, -0.2) is 13.8 Å². The predicted molar refractivity (Wildman–Crippen MR) is 145 cm³/mol. The van der Waals surface area contributed by atoms with E-state index in [1.54, 1.807) is 29.0 Å². The smallest absolute Gasteiger partial charge is 0.257 e. The summed E-state index contributed by atoms with van der Waals surface area (Å²) in [5, 5.41) is 2.78. The van der Waals surface area contributed by atoms with Gasteiger partial charge < -0.3 is 4.90 Å². The molecule has 194 valence electrons. The lowest BCUT2D eigenvalue weighted by Crippen LogP contribution is -2.38. The quantitative estimate of drug-likeness (QED) is 0.268. The van der Waals surface area contributed by atoms with Gasteiger partial charge in [-0.1, -0.05) is 72.8 Å². The fourth-order valence-electron chi connectivity index (χ4n) is 4.16. The van der Waals surface area contributed by atoms with E-state index in [4.69, 9.17) is 0 Å². The van der Waals surface area contributed by atoms with Gasteiger partial charge in [-0.2, -0.15) is 0 Å². The Balaban J connectivity index is 1.44. The highest BCUT2D eigenvalue weighted by atomic mass is 19.1. The van der Waals surface area contributed by atoms with Crippen LogP contribution in [0.4, 0.5) is 14.7 Å². The monoisotopic (exact) mass is 522 g/mol. The van der Waals surface area contributed by atoms with Gasteiger partial charge in [0, 0.05) is 24.0 Å². The molecule has 1 N–H and O–H groups in total. The van der Waals surface area contributed by atoms with Crippen molar-refractivity contribution in [2.24, 2.45) is 0 Å². The minimum atomic E-state index is -0.666. The summed E-state index contributed by atoms with van der Waals surface area (Å²) in [5.74, 6) is -2.00. The number of anilines is 1. The molecule has 0 spiro atoms. The zero-order valence-electron chi connectivity index (χ0n) is 20.8. The van der Waals surface area contributed by atoms with Crippen LogP contribution in [0.25, 0.3) is 16.9 Å². The van der Waals surface area contributed by atoms with Gasteiger partial charge in [0.05, 0.1) is 11.3 Å². The number of benzene rings is 4. The summed E-state index contributed by atoms with van der Waals surface area (Å²) in [6.07, 6.45) is 1.74. The number of halogens is 2. The number of carbonyl (C=O) groups excluding carboxylic acids is 2. The molecule has 0 radical (unpaired) electrons. The Morgan fingerprint density at radius 1 is 0.795 bits per heavy atom. The Morgan fingerprint density at radius 2 is 1.44 bits per heavy atom. The molecule has 5 rings (SSSR count). The molecule has 4 aromatic carbocycles. The first-order valence-corrected chi connectivity index (χ1v) is 12.3. The molecule has 6 nitrogen and oxygen atoms in total. The Kier molecular flexibility index (Phi) is 7.54. The van der Waals surface area contributed by atoms with Crippen molar-refractivity contribution in [2.45, 2.75) is 6.54 Å². The van der Waals surface area contributed by atoms with Crippen molar-refractivity contribution in [1.82, 2.24) is 14.5 Å². The molecular weight excluding hydrogens is 498 g/mol. The minimum absolute atomic E-state index is 0.100. The zero-order valence-corrected chi connectivity index (χ0v) is 20.8. The standard InChI is InChI=1S/C31H24F2N4O2/c32-24-15-17-25(18-16-24)37-20-28(23-11-5-2-6-12-23)34-31(37)35-29(38)21-36(19-22-9-3-1-4-10-22)30(39)26-13-7-8-14-27(26)33/h1-18,20H,19,21H2,(H,34,35,38). The molecule has 1 heterocycles. The second-order valence-corrected chi connectivity index (χ2v) is 8.84. The number of amides is 2. The number of rotatable bonds is 8. The van der Waals surface area contributed by atoms with Crippen LogP contribution < -0.4 is 5.32 Å². The molecule has 0 bridgehead atoms. The second kappa shape index (κ2) is 11.5. The summed E-state index contributed by atoms with van der Waals surface area (Å²) in [4.78, 5) is 32.5. The topological polar surface area (TPSA) is 67.2 Å². The number of imidazole rings is 1. The molecule has 1 aromatic heterocycles. The molecule has 39 heavy (non-hydrogen) atoms. The maximum atomic E-state index is 14.5. The summed E-state index contributed by atoms with van der Waals surface area (Å²) in [6, 6.07) is 30.0. The second-order valence-electron chi connectivity index (χ2n) is 8.84. The van der Waals surface area contributed by atoms with E-state index in [9.17, 15) is 18.4 Å². The van der Waals surface area contributed by atoms with Crippen LogP contribution in [-0.4, -0.2) is 32.8 Å². The molecule has 0 atom stereocenters. The van der Waals surface area contributed by atoms with Crippen LogP contribution in [0, 0.1) is 11.6 Å². The third-order valence-electron chi connectivity index (χ3n) is 6.07. The van der Waals surface area contributed by atoms with E-state index in [1.807, 2.05) is 60.7 Å². The Morgan fingerprint density at radius 3 is 2.13 bits per heavy atom. The van der Waals surface area contributed by atoms with Gasteiger partial charge in [0.2, 0.25) is 11.9 Å². The van der Waals surface area contributed by atoms with E-state index in [1.165, 1.54) is 35.2 Å². The van der Waals surface area contributed by atoms with Gasteiger partial charge in [0.15, 0.2) is 0 Å². The van der Waals surface area contributed by atoms with Crippen LogP contribution >= 0.6 is 0 Å². The number of hydrogen-bond donors (Lipinski definition) is 1. The average Bonchev–Trinajstić information content (AvgIpc) is 3.37. The van der Waals surface area contributed by atoms with Crippen molar-refractivity contribution in [1.29, 1.82) is 0 Å². The zero-order chi connectivity index (χ0) is 27.2. The highest BCUT2D eigenvalue weighted by Crippen LogP contribution is 2.24. The van der Waals surface area contributed by atoms with Crippen LogP contribution in [0.1, 0.15) is 15.9 Å². The maximum absolute atomic E-state index is 14.5. The average molecular weight is 523 g/mol. The molecule has 2 amide bonds. The van der Waals surface area contributed by atoms with Gasteiger partial charge in [-0.3, -0.25) is 19.5 Å². The summed E-state index contributed by atoms with van der Waals surface area (Å²) in [7, 11) is 0. The Hall–Kier alpha value is -5.11. The van der Waals surface area contributed by atoms with Gasteiger partial charge in [-0.05, 0) is 42.0 Å². The fourth-order valence-corrected chi connectivity index (χ4v) is 4.16. The van der Waals surface area contributed by atoms with E-state index in [0.29, 0.717) is 11.4 Å². The van der Waals surface area contributed by atoms with E-state index in [-0.39, 0.29) is 24.6 Å². The van der Waals surface area contributed by atoms with Crippen molar-refractivity contribution < 1.29 is 18.4 Å². The number of nitrogens with zero attached hydrogens (tertiary/aromatic N) is 3. The lowest BCUT2D eigenvalue weighted by molar-refractivity contribution is -0.117. The highest BCUT2D eigenvalue weighted by molar-refractivity contribution is 5.99. The third-order valence-corrected chi connectivity index (χ3v) is 6.07. The molecule has 8 heteroatoms. The third kappa shape index (κ3) is 6.07. The van der Waals surface area contributed by atoms with Crippen molar-refractivity contribution in [3.05, 3.63) is 138 Å². The molecule has 0 fully saturated rings. The van der Waals surface area contributed by atoms with Crippen LogP contribution in [-0.2, 0) is 11.3 Å². The molecular formula is C31H24F2N4O2. The van der Waals surface area contributed by atoms with Gasteiger partial charge >= 0.3 is 0 Å². The van der Waals surface area contributed by atoms with Crippen LogP contribution in [0.2, 0.25) is 0 Å². The maximum Gasteiger partial charge on any atom is 0.257 e. The van der Waals surface area contributed by atoms with E-state index >= 15 is 0 Å². The van der Waals surface area contributed by atoms with Crippen molar-refractivity contribution in [3.63, 3.8) is 0 Å². The van der Waals surface area contributed by atoms with Crippen LogP contribution in [0.15, 0.2) is 115 Å². The molecule has 0 aliphatic rings. The molecule has 0 aliphatic heterocycles. The SMILES string of the molecule is O=C(CN(Cc1ccccc1)C(=O)c1ccccc1F)Nc1nc(-c2ccccc2)cn1-c1ccc(F)cc1. The molecule has 0 aliphatic carbocycles. The summed E-state index contributed by atoms with van der Waals surface area (Å²) < 4.78 is 29.7. The van der Waals surface area contributed by atoms with Crippen LogP contribution in [0.5, 0.6) is 0 Å². The van der Waals surface area contributed by atoms with E-state index in [2.05, 4.69) is 10.3 Å².